The third-order valence-corrected chi connectivity index (χ3v) is 5.14. The highest BCUT2D eigenvalue weighted by atomic mass is 16.5. The number of ether oxygens (including phenoxy) is 1. The van der Waals surface area contributed by atoms with Gasteiger partial charge in [-0.15, -0.1) is 0 Å². The van der Waals surface area contributed by atoms with E-state index in [-0.39, 0.29) is 0 Å². The molecular weight excluding hydrogens is 246 g/mol. The molecule has 3 atom stereocenters. The first-order valence-electron chi connectivity index (χ1n) is 8.15. The summed E-state index contributed by atoms with van der Waals surface area (Å²) < 4.78 is 5.67. The van der Waals surface area contributed by atoms with Gasteiger partial charge < -0.3 is 10.1 Å². The van der Waals surface area contributed by atoms with Crippen molar-refractivity contribution in [3.05, 3.63) is 35.9 Å². The molecule has 2 aliphatic carbocycles. The van der Waals surface area contributed by atoms with E-state index in [2.05, 4.69) is 49.6 Å². The van der Waals surface area contributed by atoms with Crippen LogP contribution in [0.2, 0.25) is 0 Å². The van der Waals surface area contributed by atoms with Crippen molar-refractivity contribution in [3.63, 3.8) is 0 Å². The molecule has 0 amide bonds. The molecule has 3 unspecified atom stereocenters. The van der Waals surface area contributed by atoms with Crippen molar-refractivity contribution in [2.24, 2.45) is 11.8 Å². The maximum Gasteiger partial charge on any atom is 0.0580 e. The number of rotatable bonds is 7. The minimum absolute atomic E-state index is 0.548. The Kier molecular flexibility index (Phi) is 4.42. The van der Waals surface area contributed by atoms with Crippen LogP contribution in [0, 0.1) is 11.8 Å². The second-order valence-corrected chi connectivity index (χ2v) is 6.46. The van der Waals surface area contributed by atoms with Gasteiger partial charge in [0, 0.05) is 12.6 Å². The average molecular weight is 273 g/mol. The predicted molar refractivity (Wildman–Crippen MR) is 82.9 cm³/mol. The largest absolute Gasteiger partial charge is 0.378 e. The minimum atomic E-state index is 0.548. The van der Waals surface area contributed by atoms with Crippen LogP contribution in [0.15, 0.2) is 30.3 Å². The maximum absolute atomic E-state index is 5.67. The van der Waals surface area contributed by atoms with Gasteiger partial charge in [-0.1, -0.05) is 30.3 Å². The smallest absolute Gasteiger partial charge is 0.0580 e. The first-order valence-corrected chi connectivity index (χ1v) is 8.15. The average Bonchev–Trinajstić information content (AvgIpc) is 3.22. The van der Waals surface area contributed by atoms with Crippen LogP contribution in [-0.2, 0) is 4.74 Å². The lowest BCUT2D eigenvalue weighted by atomic mass is 9.77. The van der Waals surface area contributed by atoms with Gasteiger partial charge in [-0.05, 0) is 63.0 Å². The third-order valence-electron chi connectivity index (χ3n) is 5.14. The van der Waals surface area contributed by atoms with Gasteiger partial charge >= 0.3 is 0 Å². The molecule has 0 aliphatic heterocycles. The molecule has 0 heterocycles. The Morgan fingerprint density at radius 3 is 2.60 bits per heavy atom. The molecule has 110 valence electrons. The van der Waals surface area contributed by atoms with E-state index < -0.39 is 0 Å². The standard InChI is InChI=1S/C18H27NO/c1-3-20-15-9-13(10-15)11-18(19-2)17-12-16(17)14-7-5-4-6-8-14/h4-8,13,15-19H,3,9-12H2,1-2H3. The molecule has 0 aromatic heterocycles. The van der Waals surface area contributed by atoms with Crippen LogP contribution in [0.5, 0.6) is 0 Å². The number of hydrogen-bond acceptors (Lipinski definition) is 2. The number of hydrogen-bond donors (Lipinski definition) is 1. The SMILES string of the molecule is CCOC1CC(CC(NC)C2CC2c2ccccc2)C1. The summed E-state index contributed by atoms with van der Waals surface area (Å²) >= 11 is 0. The highest BCUT2D eigenvalue weighted by Gasteiger charge is 2.44. The van der Waals surface area contributed by atoms with Crippen LogP contribution < -0.4 is 5.32 Å². The Balaban J connectivity index is 1.47. The molecule has 0 bridgehead atoms. The quantitative estimate of drug-likeness (QED) is 0.820. The van der Waals surface area contributed by atoms with Crippen LogP contribution in [0.25, 0.3) is 0 Å². The molecule has 2 heteroatoms. The van der Waals surface area contributed by atoms with Gasteiger partial charge in [0.2, 0.25) is 0 Å². The Bertz CT molecular complexity index is 413. The molecule has 1 aromatic carbocycles. The van der Waals surface area contributed by atoms with Crippen molar-refractivity contribution < 1.29 is 4.74 Å². The van der Waals surface area contributed by atoms with Crippen molar-refractivity contribution in [1.29, 1.82) is 0 Å². The number of benzene rings is 1. The summed E-state index contributed by atoms with van der Waals surface area (Å²) in [4.78, 5) is 0. The van der Waals surface area contributed by atoms with Crippen molar-refractivity contribution in [3.8, 4) is 0 Å². The Morgan fingerprint density at radius 1 is 1.20 bits per heavy atom. The lowest BCUT2D eigenvalue weighted by molar-refractivity contribution is -0.0294. The summed E-state index contributed by atoms with van der Waals surface area (Å²) in [6, 6.07) is 11.7. The summed E-state index contributed by atoms with van der Waals surface area (Å²) in [6.07, 6.45) is 5.78. The number of nitrogens with one attached hydrogen (secondary N) is 1. The van der Waals surface area contributed by atoms with E-state index in [1.54, 1.807) is 0 Å². The van der Waals surface area contributed by atoms with E-state index >= 15 is 0 Å². The molecule has 0 spiro atoms. The predicted octanol–water partition coefficient (Wildman–Crippen LogP) is 3.58. The van der Waals surface area contributed by atoms with E-state index in [1.165, 1.54) is 31.2 Å². The van der Waals surface area contributed by atoms with Gasteiger partial charge in [-0.25, -0.2) is 0 Å². The summed E-state index contributed by atoms with van der Waals surface area (Å²) in [7, 11) is 2.13. The van der Waals surface area contributed by atoms with Gasteiger partial charge in [0.15, 0.2) is 0 Å². The highest BCUT2D eigenvalue weighted by Crippen LogP contribution is 2.51. The van der Waals surface area contributed by atoms with Gasteiger partial charge in [0.25, 0.3) is 0 Å². The summed E-state index contributed by atoms with van der Waals surface area (Å²) in [5.41, 5.74) is 1.53. The van der Waals surface area contributed by atoms with E-state index in [0.717, 1.165) is 24.4 Å². The van der Waals surface area contributed by atoms with Crippen molar-refractivity contribution in [1.82, 2.24) is 5.32 Å². The molecule has 1 aromatic rings. The first kappa shape index (κ1) is 14.1. The maximum atomic E-state index is 5.67. The van der Waals surface area contributed by atoms with Crippen LogP contribution >= 0.6 is 0 Å². The fraction of sp³-hybridized carbons (Fsp3) is 0.667. The van der Waals surface area contributed by atoms with Crippen LogP contribution in [0.1, 0.15) is 44.1 Å². The zero-order chi connectivity index (χ0) is 13.9. The fourth-order valence-corrected chi connectivity index (χ4v) is 3.85. The molecule has 3 rings (SSSR count). The molecule has 20 heavy (non-hydrogen) atoms. The molecule has 1 N–H and O–H groups in total. The van der Waals surface area contributed by atoms with Crippen LogP contribution in [0.4, 0.5) is 0 Å². The van der Waals surface area contributed by atoms with Crippen LogP contribution in [-0.4, -0.2) is 25.8 Å². The van der Waals surface area contributed by atoms with E-state index in [1.807, 2.05) is 0 Å². The first-order chi connectivity index (χ1) is 9.81. The Hall–Kier alpha value is -0.860. The molecule has 0 saturated heterocycles. The van der Waals surface area contributed by atoms with Crippen LogP contribution in [0.3, 0.4) is 0 Å². The fourth-order valence-electron chi connectivity index (χ4n) is 3.85. The lowest BCUT2D eigenvalue weighted by Gasteiger charge is -2.37. The highest BCUT2D eigenvalue weighted by molar-refractivity contribution is 5.26. The third kappa shape index (κ3) is 3.07. The molecule has 2 aliphatic rings. The normalized spacial score (nSPS) is 33.5. The Labute approximate surface area is 122 Å². The van der Waals surface area contributed by atoms with E-state index in [9.17, 15) is 0 Å². The van der Waals surface area contributed by atoms with Crippen molar-refractivity contribution in [2.45, 2.75) is 50.7 Å². The van der Waals surface area contributed by atoms with Crippen molar-refractivity contribution in [2.75, 3.05) is 13.7 Å². The molecule has 2 fully saturated rings. The Morgan fingerprint density at radius 2 is 1.95 bits per heavy atom. The zero-order valence-electron chi connectivity index (χ0n) is 12.7. The molecular formula is C18H27NO. The van der Waals surface area contributed by atoms with Crippen molar-refractivity contribution >= 4 is 0 Å². The zero-order valence-corrected chi connectivity index (χ0v) is 12.7. The molecule has 0 radical (unpaired) electrons. The van der Waals surface area contributed by atoms with Gasteiger partial charge in [0.1, 0.15) is 0 Å². The lowest BCUT2D eigenvalue weighted by Crippen LogP contribution is -2.38. The topological polar surface area (TPSA) is 21.3 Å². The minimum Gasteiger partial charge on any atom is -0.378 e. The summed E-state index contributed by atoms with van der Waals surface area (Å²) in [5.74, 6) is 2.51. The molecule has 2 nitrogen and oxygen atoms in total. The van der Waals surface area contributed by atoms with Gasteiger partial charge in [0.05, 0.1) is 6.10 Å². The van der Waals surface area contributed by atoms with Gasteiger partial charge in [-0.2, -0.15) is 0 Å². The summed E-state index contributed by atoms with van der Waals surface area (Å²) in [5, 5.41) is 3.57. The van der Waals surface area contributed by atoms with Gasteiger partial charge in [-0.3, -0.25) is 0 Å². The van der Waals surface area contributed by atoms with E-state index in [4.69, 9.17) is 4.74 Å². The molecule has 2 saturated carbocycles. The van der Waals surface area contributed by atoms with E-state index in [0.29, 0.717) is 12.1 Å². The summed E-state index contributed by atoms with van der Waals surface area (Å²) in [6.45, 7) is 2.96. The second kappa shape index (κ2) is 6.28. The second-order valence-electron chi connectivity index (χ2n) is 6.46. The monoisotopic (exact) mass is 273 g/mol.